The number of carbonyl (C=O) groups is 1. The molecule has 6 heteroatoms. The predicted molar refractivity (Wildman–Crippen MR) is 76.2 cm³/mol. The Bertz CT molecular complexity index is 567. The van der Waals surface area contributed by atoms with Crippen LogP contribution in [0.4, 0.5) is 10.1 Å². The number of halogens is 1. The van der Waals surface area contributed by atoms with Gasteiger partial charge < -0.3 is 10.1 Å². The molecule has 1 unspecified atom stereocenters. The first kappa shape index (κ1) is 14.5. The topological polar surface area (TPSA) is 51.2 Å². The van der Waals surface area contributed by atoms with Gasteiger partial charge in [0.05, 0.1) is 17.8 Å². The highest BCUT2D eigenvalue weighted by Crippen LogP contribution is 2.22. The first-order valence-corrected chi connectivity index (χ1v) is 7.13. The lowest BCUT2D eigenvalue weighted by atomic mass is 10.1. The van der Waals surface area contributed by atoms with Crippen molar-refractivity contribution in [2.24, 2.45) is 0 Å². The van der Waals surface area contributed by atoms with Crippen LogP contribution in [0.25, 0.3) is 0 Å². The van der Waals surface area contributed by atoms with E-state index in [1.165, 1.54) is 23.5 Å². The minimum absolute atomic E-state index is 0.281. The van der Waals surface area contributed by atoms with Crippen LogP contribution in [0.1, 0.15) is 24.2 Å². The van der Waals surface area contributed by atoms with Crippen molar-refractivity contribution in [2.75, 3.05) is 11.9 Å². The highest BCUT2D eigenvalue weighted by molar-refractivity contribution is 7.07. The van der Waals surface area contributed by atoms with Crippen molar-refractivity contribution in [3.63, 3.8) is 0 Å². The number of esters is 1. The van der Waals surface area contributed by atoms with Crippen LogP contribution >= 0.6 is 11.3 Å². The number of nitrogens with one attached hydrogen (secondary N) is 1. The van der Waals surface area contributed by atoms with E-state index in [-0.39, 0.29) is 12.4 Å². The third-order valence-corrected chi connectivity index (χ3v) is 3.23. The zero-order chi connectivity index (χ0) is 14.5. The monoisotopic (exact) mass is 294 g/mol. The number of benzene rings is 1. The molecule has 1 heterocycles. The maximum atomic E-state index is 13.4. The van der Waals surface area contributed by atoms with Gasteiger partial charge >= 0.3 is 5.97 Å². The molecule has 0 bridgehead atoms. The fourth-order valence-electron chi connectivity index (χ4n) is 1.83. The van der Waals surface area contributed by atoms with Crippen molar-refractivity contribution in [2.45, 2.75) is 19.9 Å². The van der Waals surface area contributed by atoms with E-state index < -0.39 is 12.0 Å². The van der Waals surface area contributed by atoms with E-state index in [4.69, 9.17) is 4.74 Å². The molecule has 0 fully saturated rings. The van der Waals surface area contributed by atoms with E-state index in [2.05, 4.69) is 10.3 Å². The average Bonchev–Trinajstić information content (AvgIpc) is 2.88. The number of anilines is 1. The maximum absolute atomic E-state index is 13.4. The number of aryl methyl sites for hydroxylation is 1. The number of thiazole rings is 1. The van der Waals surface area contributed by atoms with E-state index in [9.17, 15) is 9.18 Å². The van der Waals surface area contributed by atoms with E-state index in [1.807, 2.05) is 0 Å². The molecule has 106 valence electrons. The largest absolute Gasteiger partial charge is 0.464 e. The van der Waals surface area contributed by atoms with E-state index in [1.54, 1.807) is 30.8 Å². The Labute approximate surface area is 120 Å². The number of hydrogen-bond acceptors (Lipinski definition) is 5. The number of ether oxygens (including phenoxy) is 1. The van der Waals surface area contributed by atoms with Crippen molar-refractivity contribution in [1.29, 1.82) is 0 Å². The third kappa shape index (κ3) is 3.54. The summed E-state index contributed by atoms with van der Waals surface area (Å²) in [5.41, 5.74) is 3.50. The van der Waals surface area contributed by atoms with Crippen molar-refractivity contribution in [3.8, 4) is 0 Å². The fourth-order valence-corrected chi connectivity index (χ4v) is 2.41. The van der Waals surface area contributed by atoms with Crippen molar-refractivity contribution in [3.05, 3.63) is 46.2 Å². The van der Waals surface area contributed by atoms with Crippen molar-refractivity contribution in [1.82, 2.24) is 4.98 Å². The van der Waals surface area contributed by atoms with Gasteiger partial charge in [-0.2, -0.15) is 0 Å². The van der Waals surface area contributed by atoms with Gasteiger partial charge in [0.15, 0.2) is 6.04 Å². The van der Waals surface area contributed by atoms with Crippen LogP contribution in [-0.4, -0.2) is 17.6 Å². The lowest BCUT2D eigenvalue weighted by Crippen LogP contribution is -2.23. The van der Waals surface area contributed by atoms with Gasteiger partial charge in [0.25, 0.3) is 0 Å². The zero-order valence-electron chi connectivity index (χ0n) is 11.2. The summed E-state index contributed by atoms with van der Waals surface area (Å²) in [5.74, 6) is -0.784. The summed E-state index contributed by atoms with van der Waals surface area (Å²) < 4.78 is 18.4. The van der Waals surface area contributed by atoms with Crippen molar-refractivity contribution >= 4 is 23.0 Å². The molecule has 0 aliphatic heterocycles. The number of nitrogens with zero attached hydrogens (tertiary/aromatic N) is 1. The molecule has 20 heavy (non-hydrogen) atoms. The Balaban J connectivity index is 2.25. The standard InChI is InChI=1S/C14H15FN2O2S/c1-3-19-14(18)13(12-7-20-8-16-12)17-11-5-9(2)4-10(15)6-11/h4-8,13,17H,3H2,1-2H3. The summed E-state index contributed by atoms with van der Waals surface area (Å²) in [6, 6.07) is 3.79. The SMILES string of the molecule is CCOC(=O)C(Nc1cc(C)cc(F)c1)c1cscn1. The molecule has 0 aliphatic rings. The summed E-state index contributed by atoms with van der Waals surface area (Å²) in [4.78, 5) is 16.1. The molecule has 1 N–H and O–H groups in total. The molecule has 1 atom stereocenters. The van der Waals surface area contributed by atoms with E-state index in [0.29, 0.717) is 11.4 Å². The molecule has 0 amide bonds. The van der Waals surface area contributed by atoms with Crippen molar-refractivity contribution < 1.29 is 13.9 Å². The number of rotatable bonds is 5. The summed E-state index contributed by atoms with van der Waals surface area (Å²) in [5, 5.41) is 4.74. The molecule has 0 radical (unpaired) electrons. The zero-order valence-corrected chi connectivity index (χ0v) is 12.0. The van der Waals surface area contributed by atoms with Crippen LogP contribution in [0, 0.1) is 12.7 Å². The van der Waals surface area contributed by atoms with Gasteiger partial charge in [-0.15, -0.1) is 11.3 Å². The second-order valence-electron chi connectivity index (χ2n) is 4.26. The second kappa shape index (κ2) is 6.47. The summed E-state index contributed by atoms with van der Waals surface area (Å²) >= 11 is 1.39. The van der Waals surface area contributed by atoms with Crippen LogP contribution < -0.4 is 5.32 Å². The minimum atomic E-state index is -0.734. The molecule has 0 saturated heterocycles. The molecule has 0 aliphatic carbocycles. The summed E-state index contributed by atoms with van der Waals surface area (Å²) in [6.45, 7) is 3.81. The van der Waals surface area contributed by atoms with Crippen LogP contribution in [0.15, 0.2) is 29.1 Å². The Hall–Kier alpha value is -1.95. The van der Waals surface area contributed by atoms with Gasteiger partial charge in [-0.3, -0.25) is 0 Å². The highest BCUT2D eigenvalue weighted by Gasteiger charge is 2.23. The fraction of sp³-hybridized carbons (Fsp3) is 0.286. The quantitative estimate of drug-likeness (QED) is 0.860. The molecule has 4 nitrogen and oxygen atoms in total. The van der Waals surface area contributed by atoms with E-state index in [0.717, 1.165) is 5.56 Å². The Morgan fingerprint density at radius 2 is 2.30 bits per heavy atom. The van der Waals surface area contributed by atoms with Gasteiger partial charge in [0.2, 0.25) is 0 Å². The Kier molecular flexibility index (Phi) is 4.68. The molecule has 0 spiro atoms. The Morgan fingerprint density at radius 3 is 2.90 bits per heavy atom. The number of hydrogen-bond donors (Lipinski definition) is 1. The van der Waals surface area contributed by atoms with Gasteiger partial charge in [-0.25, -0.2) is 14.2 Å². The number of aromatic nitrogens is 1. The lowest BCUT2D eigenvalue weighted by molar-refractivity contribution is -0.144. The van der Waals surface area contributed by atoms with Crippen LogP contribution in [0.5, 0.6) is 0 Å². The first-order valence-electron chi connectivity index (χ1n) is 6.18. The van der Waals surface area contributed by atoms with Gasteiger partial charge in [0, 0.05) is 11.1 Å². The van der Waals surface area contributed by atoms with Gasteiger partial charge in [-0.1, -0.05) is 0 Å². The van der Waals surface area contributed by atoms with Crippen LogP contribution in [0.2, 0.25) is 0 Å². The summed E-state index contributed by atoms with van der Waals surface area (Å²) in [7, 11) is 0. The Morgan fingerprint density at radius 1 is 1.50 bits per heavy atom. The smallest absolute Gasteiger partial charge is 0.334 e. The second-order valence-corrected chi connectivity index (χ2v) is 4.98. The lowest BCUT2D eigenvalue weighted by Gasteiger charge is -2.17. The van der Waals surface area contributed by atoms with Crippen LogP contribution in [0.3, 0.4) is 0 Å². The molecular formula is C14H15FN2O2S. The number of carbonyl (C=O) groups excluding carboxylic acids is 1. The molecule has 1 aromatic heterocycles. The summed E-state index contributed by atoms with van der Waals surface area (Å²) in [6.07, 6.45) is 0. The first-order chi connectivity index (χ1) is 9.60. The normalized spacial score (nSPS) is 11.9. The molecule has 2 rings (SSSR count). The molecular weight excluding hydrogens is 279 g/mol. The third-order valence-electron chi connectivity index (χ3n) is 2.62. The minimum Gasteiger partial charge on any atom is -0.464 e. The molecule has 2 aromatic rings. The molecule has 0 saturated carbocycles. The highest BCUT2D eigenvalue weighted by atomic mass is 32.1. The average molecular weight is 294 g/mol. The molecule has 1 aromatic carbocycles. The predicted octanol–water partition coefficient (Wildman–Crippen LogP) is 3.31. The maximum Gasteiger partial charge on any atom is 0.334 e. The van der Waals surface area contributed by atoms with Gasteiger partial charge in [0.1, 0.15) is 5.82 Å². The van der Waals surface area contributed by atoms with Crippen LogP contribution in [-0.2, 0) is 9.53 Å². The van der Waals surface area contributed by atoms with E-state index >= 15 is 0 Å². The van der Waals surface area contributed by atoms with Gasteiger partial charge in [-0.05, 0) is 37.6 Å².